The molecule has 104 valence electrons. The van der Waals surface area contributed by atoms with Gasteiger partial charge >= 0.3 is 0 Å². The van der Waals surface area contributed by atoms with E-state index in [0.717, 1.165) is 12.2 Å². The maximum absolute atomic E-state index is 9.79. The third-order valence-electron chi connectivity index (χ3n) is 2.90. The van der Waals surface area contributed by atoms with E-state index in [1.165, 1.54) is 5.56 Å². The van der Waals surface area contributed by atoms with Gasteiger partial charge in [-0.1, -0.05) is 19.1 Å². The van der Waals surface area contributed by atoms with Crippen LogP contribution in [0.1, 0.15) is 25.8 Å². The molecule has 1 aromatic rings. The smallest absolute Gasteiger partial charge is 0.119 e. The van der Waals surface area contributed by atoms with E-state index in [1.807, 2.05) is 31.2 Å². The van der Waals surface area contributed by atoms with Crippen LogP contribution in [0.25, 0.3) is 0 Å². The molecule has 0 aliphatic rings. The van der Waals surface area contributed by atoms with Gasteiger partial charge < -0.3 is 15.2 Å². The Morgan fingerprint density at radius 1 is 1.37 bits per heavy atom. The Kier molecular flexibility index (Phi) is 7.02. The number of terminal acetylenes is 1. The summed E-state index contributed by atoms with van der Waals surface area (Å²) in [6.45, 7) is 4.87. The lowest BCUT2D eigenvalue weighted by Gasteiger charge is -2.16. The monoisotopic (exact) mass is 261 g/mol. The fourth-order valence-electron chi connectivity index (χ4n) is 1.66. The summed E-state index contributed by atoms with van der Waals surface area (Å²) in [6, 6.07) is 8.15. The Hall–Kier alpha value is -1.50. The van der Waals surface area contributed by atoms with Gasteiger partial charge in [0, 0.05) is 19.0 Å². The Bertz CT molecular complexity index is 394. The van der Waals surface area contributed by atoms with Gasteiger partial charge in [-0.25, -0.2) is 0 Å². The van der Waals surface area contributed by atoms with Gasteiger partial charge in [-0.3, -0.25) is 0 Å². The minimum absolute atomic E-state index is 0.212. The van der Waals surface area contributed by atoms with Crippen molar-refractivity contribution in [3.63, 3.8) is 0 Å². The topological polar surface area (TPSA) is 41.5 Å². The maximum atomic E-state index is 9.79. The summed E-state index contributed by atoms with van der Waals surface area (Å²) in [7, 11) is 0. The van der Waals surface area contributed by atoms with Crippen molar-refractivity contribution >= 4 is 0 Å². The zero-order valence-corrected chi connectivity index (χ0v) is 11.7. The van der Waals surface area contributed by atoms with Crippen LogP contribution in [0.2, 0.25) is 0 Å². The SMILES string of the molecule is C#CCC(C)NCC(O)COc1ccc(CC)cc1. The highest BCUT2D eigenvalue weighted by molar-refractivity contribution is 5.27. The molecule has 19 heavy (non-hydrogen) atoms. The number of benzene rings is 1. The molecule has 1 aromatic carbocycles. The number of aliphatic hydroxyl groups excluding tert-OH is 1. The number of aryl methyl sites for hydroxylation is 1. The van der Waals surface area contributed by atoms with Crippen molar-refractivity contribution in [2.45, 2.75) is 38.8 Å². The molecule has 0 bridgehead atoms. The van der Waals surface area contributed by atoms with Gasteiger partial charge in [-0.05, 0) is 31.0 Å². The van der Waals surface area contributed by atoms with Crippen molar-refractivity contribution in [1.82, 2.24) is 5.32 Å². The summed E-state index contributed by atoms with van der Waals surface area (Å²) in [6.07, 6.45) is 6.35. The summed E-state index contributed by atoms with van der Waals surface area (Å²) in [5, 5.41) is 13.0. The molecule has 0 amide bonds. The van der Waals surface area contributed by atoms with Crippen LogP contribution in [0, 0.1) is 12.3 Å². The van der Waals surface area contributed by atoms with Crippen LogP contribution in [-0.2, 0) is 6.42 Å². The van der Waals surface area contributed by atoms with E-state index < -0.39 is 6.10 Å². The maximum Gasteiger partial charge on any atom is 0.119 e. The second-order valence-corrected chi connectivity index (χ2v) is 4.68. The van der Waals surface area contributed by atoms with Gasteiger partial charge in [0.15, 0.2) is 0 Å². The van der Waals surface area contributed by atoms with Crippen molar-refractivity contribution in [3.05, 3.63) is 29.8 Å². The number of ether oxygens (including phenoxy) is 1. The van der Waals surface area contributed by atoms with Gasteiger partial charge in [0.25, 0.3) is 0 Å². The molecule has 0 heterocycles. The highest BCUT2D eigenvalue weighted by Crippen LogP contribution is 2.12. The molecule has 0 saturated heterocycles. The van der Waals surface area contributed by atoms with Gasteiger partial charge in [-0.15, -0.1) is 12.3 Å². The first-order valence-corrected chi connectivity index (χ1v) is 6.72. The highest BCUT2D eigenvalue weighted by Gasteiger charge is 2.07. The van der Waals surface area contributed by atoms with E-state index in [2.05, 4.69) is 18.2 Å². The van der Waals surface area contributed by atoms with Crippen molar-refractivity contribution in [3.8, 4) is 18.1 Å². The number of nitrogens with one attached hydrogen (secondary N) is 1. The van der Waals surface area contributed by atoms with E-state index in [9.17, 15) is 5.11 Å². The van der Waals surface area contributed by atoms with E-state index >= 15 is 0 Å². The molecule has 2 unspecified atom stereocenters. The first-order valence-electron chi connectivity index (χ1n) is 6.72. The lowest BCUT2D eigenvalue weighted by Crippen LogP contribution is -2.36. The van der Waals surface area contributed by atoms with Crippen molar-refractivity contribution in [2.75, 3.05) is 13.2 Å². The lowest BCUT2D eigenvalue weighted by atomic mass is 10.2. The van der Waals surface area contributed by atoms with Crippen LogP contribution in [0.5, 0.6) is 5.75 Å². The molecule has 0 fully saturated rings. The highest BCUT2D eigenvalue weighted by atomic mass is 16.5. The second-order valence-electron chi connectivity index (χ2n) is 4.68. The van der Waals surface area contributed by atoms with Crippen molar-refractivity contribution < 1.29 is 9.84 Å². The fraction of sp³-hybridized carbons (Fsp3) is 0.500. The second kappa shape index (κ2) is 8.58. The molecule has 3 nitrogen and oxygen atoms in total. The predicted molar refractivity (Wildman–Crippen MR) is 78.2 cm³/mol. The Balaban J connectivity index is 2.25. The third kappa shape index (κ3) is 6.28. The van der Waals surface area contributed by atoms with Crippen LogP contribution in [-0.4, -0.2) is 30.4 Å². The quantitative estimate of drug-likeness (QED) is 0.703. The molecule has 2 atom stereocenters. The van der Waals surface area contributed by atoms with E-state index in [1.54, 1.807) is 0 Å². The number of hydrogen-bond acceptors (Lipinski definition) is 3. The lowest BCUT2D eigenvalue weighted by molar-refractivity contribution is 0.104. The van der Waals surface area contributed by atoms with Crippen LogP contribution >= 0.6 is 0 Å². The zero-order chi connectivity index (χ0) is 14.1. The Morgan fingerprint density at radius 3 is 2.63 bits per heavy atom. The van der Waals surface area contributed by atoms with Gasteiger partial charge in [-0.2, -0.15) is 0 Å². The molecule has 0 aliphatic carbocycles. The van der Waals surface area contributed by atoms with Crippen molar-refractivity contribution in [1.29, 1.82) is 0 Å². The number of rotatable bonds is 8. The molecular weight excluding hydrogens is 238 g/mol. The summed E-state index contributed by atoms with van der Waals surface area (Å²) >= 11 is 0. The van der Waals surface area contributed by atoms with Gasteiger partial charge in [0.2, 0.25) is 0 Å². The molecule has 0 aliphatic heterocycles. The minimum atomic E-state index is -0.536. The van der Waals surface area contributed by atoms with Gasteiger partial charge in [0.05, 0.1) is 0 Å². The molecule has 2 N–H and O–H groups in total. The van der Waals surface area contributed by atoms with E-state index in [0.29, 0.717) is 13.0 Å². The predicted octanol–water partition coefficient (Wildman–Crippen LogP) is 1.99. The van der Waals surface area contributed by atoms with E-state index in [-0.39, 0.29) is 12.6 Å². The van der Waals surface area contributed by atoms with Crippen LogP contribution in [0.15, 0.2) is 24.3 Å². The number of hydrogen-bond donors (Lipinski definition) is 2. The van der Waals surface area contributed by atoms with Crippen LogP contribution in [0.3, 0.4) is 0 Å². The first kappa shape index (κ1) is 15.6. The molecular formula is C16H23NO2. The molecule has 1 rings (SSSR count). The van der Waals surface area contributed by atoms with Crippen molar-refractivity contribution in [2.24, 2.45) is 0 Å². The Morgan fingerprint density at radius 2 is 2.05 bits per heavy atom. The molecule has 0 saturated carbocycles. The average molecular weight is 261 g/mol. The van der Waals surface area contributed by atoms with Crippen LogP contribution < -0.4 is 10.1 Å². The standard InChI is InChI=1S/C16H23NO2/c1-4-6-13(3)17-11-15(18)12-19-16-9-7-14(5-2)8-10-16/h1,7-10,13,15,17-18H,5-6,11-12H2,2-3H3. The summed E-state index contributed by atoms with van der Waals surface area (Å²) in [5.41, 5.74) is 1.28. The normalized spacial score (nSPS) is 13.6. The zero-order valence-electron chi connectivity index (χ0n) is 11.7. The molecule has 0 spiro atoms. The molecule has 0 radical (unpaired) electrons. The molecule has 3 heteroatoms. The minimum Gasteiger partial charge on any atom is -0.491 e. The largest absolute Gasteiger partial charge is 0.491 e. The fourth-order valence-corrected chi connectivity index (χ4v) is 1.66. The van der Waals surface area contributed by atoms with Gasteiger partial charge in [0.1, 0.15) is 18.5 Å². The summed E-state index contributed by atoms with van der Waals surface area (Å²) in [4.78, 5) is 0. The first-order chi connectivity index (χ1) is 9.15. The molecule has 0 aromatic heterocycles. The summed E-state index contributed by atoms with van der Waals surface area (Å²) < 4.78 is 5.53. The third-order valence-corrected chi connectivity index (χ3v) is 2.90. The van der Waals surface area contributed by atoms with Crippen LogP contribution in [0.4, 0.5) is 0 Å². The summed E-state index contributed by atoms with van der Waals surface area (Å²) in [5.74, 6) is 3.37. The van der Waals surface area contributed by atoms with E-state index in [4.69, 9.17) is 11.2 Å². The Labute approximate surface area is 116 Å². The average Bonchev–Trinajstić information content (AvgIpc) is 2.44. The number of aliphatic hydroxyl groups is 1.